The van der Waals surface area contributed by atoms with Crippen molar-refractivity contribution in [3.05, 3.63) is 0 Å². The normalized spacial score (nSPS) is 10.0. The number of alkyl halides is 1. The molecule has 0 saturated carbocycles. The molecule has 0 saturated heterocycles. The van der Waals surface area contributed by atoms with E-state index in [1.54, 1.807) is 0 Å². The van der Waals surface area contributed by atoms with Crippen LogP contribution in [0.4, 0.5) is 0 Å². The van der Waals surface area contributed by atoms with Crippen LogP contribution < -0.4 is 0 Å². The fraction of sp³-hybridized carbons (Fsp3) is 1.00. The van der Waals surface area contributed by atoms with Crippen LogP contribution in [0.1, 0.15) is 41.0 Å². The minimum absolute atomic E-state index is 0.500. The fourth-order valence-electron chi connectivity index (χ4n) is 0.0945. The van der Waals surface area contributed by atoms with Gasteiger partial charge in [-0.3, -0.25) is 0 Å². The Bertz CT molecular complexity index is 42.5. The molecule has 0 heterocycles. The first-order valence-corrected chi connectivity index (χ1v) is 4.80. The minimum atomic E-state index is 0.500. The molecule has 0 nitrogen and oxygen atoms in total. The summed E-state index contributed by atoms with van der Waals surface area (Å²) in [6.07, 6.45) is 1.25. The van der Waals surface area contributed by atoms with Crippen molar-refractivity contribution in [1.29, 1.82) is 0 Å². The largest absolute Gasteiger partial charge is 0.0922 e. The lowest BCUT2D eigenvalue weighted by Crippen LogP contribution is -2.09. The highest BCUT2D eigenvalue weighted by Crippen LogP contribution is 2.21. The van der Waals surface area contributed by atoms with Crippen LogP contribution in [0.15, 0.2) is 0 Å². The first kappa shape index (κ1) is 12.2. The van der Waals surface area contributed by atoms with Crippen molar-refractivity contribution in [3.63, 3.8) is 0 Å². The molecule has 0 amide bonds. The number of hydrogen-bond donors (Lipinski definition) is 0. The van der Waals surface area contributed by atoms with Gasteiger partial charge in [-0.1, -0.05) is 57.0 Å². The Morgan fingerprint density at radius 3 is 1.56 bits per heavy atom. The summed E-state index contributed by atoms with van der Waals surface area (Å²) in [6.45, 7) is 10.7. The molecule has 0 unspecified atom stereocenters. The molecule has 0 atom stereocenters. The van der Waals surface area contributed by atoms with Crippen LogP contribution in [0.25, 0.3) is 0 Å². The van der Waals surface area contributed by atoms with Gasteiger partial charge in [-0.2, -0.15) is 0 Å². The lowest BCUT2D eigenvalue weighted by molar-refractivity contribution is 0.411. The van der Waals surface area contributed by atoms with Gasteiger partial charge in [-0.25, -0.2) is 0 Å². The zero-order valence-corrected chi connectivity index (χ0v) is 8.88. The molecule has 0 bridgehead atoms. The van der Waals surface area contributed by atoms with Crippen molar-refractivity contribution >= 4 is 15.9 Å². The van der Waals surface area contributed by atoms with E-state index in [1.165, 1.54) is 6.42 Å². The van der Waals surface area contributed by atoms with Crippen LogP contribution in [-0.4, -0.2) is 5.33 Å². The topological polar surface area (TPSA) is 0 Å². The van der Waals surface area contributed by atoms with Crippen molar-refractivity contribution in [2.45, 2.75) is 41.0 Å². The minimum Gasteiger partial charge on any atom is -0.0922 e. The highest BCUT2D eigenvalue weighted by Gasteiger charge is 2.10. The maximum atomic E-state index is 3.43. The van der Waals surface area contributed by atoms with E-state index in [1.807, 2.05) is 13.8 Å². The van der Waals surface area contributed by atoms with Crippen molar-refractivity contribution in [1.82, 2.24) is 0 Å². The van der Waals surface area contributed by atoms with Crippen LogP contribution in [0, 0.1) is 5.41 Å². The van der Waals surface area contributed by atoms with Gasteiger partial charge in [0.15, 0.2) is 0 Å². The number of rotatable bonds is 2. The van der Waals surface area contributed by atoms with Gasteiger partial charge in [0.05, 0.1) is 0 Å². The first-order chi connectivity index (χ1) is 4.12. The zero-order valence-electron chi connectivity index (χ0n) is 7.29. The summed E-state index contributed by atoms with van der Waals surface area (Å²) >= 11 is 3.43. The molecule has 0 aromatic carbocycles. The number of hydrogen-bond acceptors (Lipinski definition) is 0. The van der Waals surface area contributed by atoms with Gasteiger partial charge in [-0.15, -0.1) is 0 Å². The van der Waals surface area contributed by atoms with E-state index in [2.05, 4.69) is 36.7 Å². The standard InChI is InChI=1S/C6H13Br.C2H6/c1-4-6(2,3)5-7;1-2/h4-5H2,1-3H3;1-2H3. The average molecular weight is 195 g/mol. The fourth-order valence-corrected chi connectivity index (χ4v) is 0.491. The van der Waals surface area contributed by atoms with Crippen LogP contribution in [0.5, 0.6) is 0 Å². The Morgan fingerprint density at radius 2 is 1.56 bits per heavy atom. The molecule has 0 rings (SSSR count). The molecular formula is C8H19Br. The first-order valence-electron chi connectivity index (χ1n) is 3.68. The van der Waals surface area contributed by atoms with E-state index in [0.29, 0.717) is 5.41 Å². The lowest BCUT2D eigenvalue weighted by atomic mass is 9.94. The molecule has 1 heteroatoms. The second-order valence-corrected chi connectivity index (χ2v) is 3.21. The molecule has 9 heavy (non-hydrogen) atoms. The van der Waals surface area contributed by atoms with E-state index >= 15 is 0 Å². The molecule has 0 N–H and O–H groups in total. The van der Waals surface area contributed by atoms with Crippen molar-refractivity contribution in [2.75, 3.05) is 5.33 Å². The molecular weight excluding hydrogens is 176 g/mol. The molecule has 0 aromatic heterocycles. The van der Waals surface area contributed by atoms with E-state index in [0.717, 1.165) is 5.33 Å². The monoisotopic (exact) mass is 194 g/mol. The highest BCUT2D eigenvalue weighted by atomic mass is 79.9. The second kappa shape index (κ2) is 6.60. The average Bonchev–Trinajstić information content (AvgIpc) is 1.93. The van der Waals surface area contributed by atoms with Gasteiger partial charge in [0.1, 0.15) is 0 Å². The van der Waals surface area contributed by atoms with Gasteiger partial charge in [0.2, 0.25) is 0 Å². The van der Waals surface area contributed by atoms with Crippen molar-refractivity contribution < 1.29 is 0 Å². The van der Waals surface area contributed by atoms with Gasteiger partial charge in [0, 0.05) is 5.33 Å². The van der Waals surface area contributed by atoms with E-state index < -0.39 is 0 Å². The third kappa shape index (κ3) is 8.48. The Morgan fingerprint density at radius 1 is 1.22 bits per heavy atom. The molecule has 0 aliphatic heterocycles. The van der Waals surface area contributed by atoms with Gasteiger partial charge >= 0.3 is 0 Å². The van der Waals surface area contributed by atoms with Crippen molar-refractivity contribution in [2.24, 2.45) is 5.41 Å². The third-order valence-corrected chi connectivity index (χ3v) is 2.84. The van der Waals surface area contributed by atoms with Crippen LogP contribution in [0.2, 0.25) is 0 Å². The van der Waals surface area contributed by atoms with E-state index in [9.17, 15) is 0 Å². The molecule has 0 aliphatic rings. The molecule has 0 spiro atoms. The summed E-state index contributed by atoms with van der Waals surface area (Å²) < 4.78 is 0. The molecule has 0 aliphatic carbocycles. The number of halogens is 1. The van der Waals surface area contributed by atoms with Crippen LogP contribution in [-0.2, 0) is 0 Å². The van der Waals surface area contributed by atoms with Crippen molar-refractivity contribution in [3.8, 4) is 0 Å². The molecule has 0 radical (unpaired) electrons. The molecule has 0 fully saturated rings. The van der Waals surface area contributed by atoms with Gasteiger partial charge < -0.3 is 0 Å². The smallest absolute Gasteiger partial charge is 0.00825 e. The maximum absolute atomic E-state index is 3.43. The Labute approximate surface area is 68.2 Å². The molecule has 58 valence electrons. The second-order valence-electron chi connectivity index (χ2n) is 2.65. The molecule has 0 aromatic rings. The summed E-state index contributed by atoms with van der Waals surface area (Å²) in [5.74, 6) is 0. The lowest BCUT2D eigenvalue weighted by Gasteiger charge is -2.17. The maximum Gasteiger partial charge on any atom is 0.00825 e. The van der Waals surface area contributed by atoms with Crippen LogP contribution in [0.3, 0.4) is 0 Å². The predicted octanol–water partition coefficient (Wildman–Crippen LogP) is 3.84. The quantitative estimate of drug-likeness (QED) is 0.587. The van der Waals surface area contributed by atoms with E-state index in [4.69, 9.17) is 0 Å². The SMILES string of the molecule is CC.CCC(C)(C)CBr. The zero-order chi connectivity index (χ0) is 7.91. The summed E-state index contributed by atoms with van der Waals surface area (Å²) in [7, 11) is 0. The van der Waals surface area contributed by atoms with Crippen LogP contribution >= 0.6 is 15.9 Å². The summed E-state index contributed by atoms with van der Waals surface area (Å²) in [5.41, 5.74) is 0.500. The summed E-state index contributed by atoms with van der Waals surface area (Å²) in [5, 5.41) is 1.11. The Balaban J connectivity index is 0. The highest BCUT2D eigenvalue weighted by molar-refractivity contribution is 9.09. The summed E-state index contributed by atoms with van der Waals surface area (Å²) in [6, 6.07) is 0. The summed E-state index contributed by atoms with van der Waals surface area (Å²) in [4.78, 5) is 0. The third-order valence-electron chi connectivity index (χ3n) is 1.32. The van der Waals surface area contributed by atoms with E-state index in [-0.39, 0.29) is 0 Å². The van der Waals surface area contributed by atoms with Gasteiger partial charge in [0.25, 0.3) is 0 Å². The Hall–Kier alpha value is 0.480. The Kier molecular flexibility index (Phi) is 8.93. The van der Waals surface area contributed by atoms with Gasteiger partial charge in [-0.05, 0) is 5.41 Å². The predicted molar refractivity (Wildman–Crippen MR) is 49.2 cm³/mol.